The Kier molecular flexibility index (Phi) is 3.53. The van der Waals surface area contributed by atoms with Crippen LogP contribution in [0.15, 0.2) is 36.4 Å². The molecule has 5 heteroatoms. The van der Waals surface area contributed by atoms with Crippen molar-refractivity contribution in [3.05, 3.63) is 47.5 Å². The van der Waals surface area contributed by atoms with Crippen molar-refractivity contribution in [2.75, 3.05) is 21.0 Å². The number of rotatable bonds is 3. The predicted molar refractivity (Wildman–Crippen MR) is 88.1 cm³/mol. The molecule has 0 saturated carbocycles. The summed E-state index contributed by atoms with van der Waals surface area (Å²) in [5, 5.41) is 0. The molecule has 0 aliphatic carbocycles. The zero-order valence-electron chi connectivity index (χ0n) is 14.0. The van der Waals surface area contributed by atoms with Gasteiger partial charge in [-0.1, -0.05) is 12.1 Å². The van der Waals surface area contributed by atoms with Gasteiger partial charge in [0.15, 0.2) is 11.5 Å². The molecule has 2 aromatic carbocycles. The average Bonchev–Trinajstić information content (AvgIpc) is 3.06. The van der Waals surface area contributed by atoms with Gasteiger partial charge in [0, 0.05) is 38.0 Å². The first-order valence-electron chi connectivity index (χ1n) is 7.93. The topological polar surface area (TPSA) is 46.2 Å². The van der Waals surface area contributed by atoms with Crippen LogP contribution in [-0.2, 0) is 4.74 Å². The molecule has 0 fully saturated rings. The second kappa shape index (κ2) is 5.60. The molecule has 2 aliphatic rings. The lowest BCUT2D eigenvalue weighted by Crippen LogP contribution is -2.40. The molecule has 0 saturated heterocycles. The molecule has 2 heterocycles. The molecule has 0 bridgehead atoms. The van der Waals surface area contributed by atoms with Crippen LogP contribution in [0.3, 0.4) is 0 Å². The fourth-order valence-electron chi connectivity index (χ4n) is 3.31. The van der Waals surface area contributed by atoms with Crippen molar-refractivity contribution >= 4 is 0 Å². The van der Waals surface area contributed by atoms with Crippen molar-refractivity contribution in [3.63, 3.8) is 0 Å². The van der Waals surface area contributed by atoms with Crippen molar-refractivity contribution in [2.45, 2.75) is 25.0 Å². The number of hydrogen-bond donors (Lipinski definition) is 0. The summed E-state index contributed by atoms with van der Waals surface area (Å²) in [4.78, 5) is 0. The quantitative estimate of drug-likeness (QED) is 0.860. The maximum Gasteiger partial charge on any atom is 0.231 e. The Balaban J connectivity index is 1.80. The van der Waals surface area contributed by atoms with Gasteiger partial charge in [-0.25, -0.2) is 0 Å². The molecule has 0 N–H and O–H groups in total. The van der Waals surface area contributed by atoms with Gasteiger partial charge in [0.1, 0.15) is 11.5 Å². The Labute approximate surface area is 141 Å². The molecule has 24 heavy (non-hydrogen) atoms. The van der Waals surface area contributed by atoms with Crippen molar-refractivity contribution < 1.29 is 23.7 Å². The fourth-order valence-corrected chi connectivity index (χ4v) is 3.31. The van der Waals surface area contributed by atoms with Crippen LogP contribution < -0.4 is 18.9 Å². The van der Waals surface area contributed by atoms with Crippen LogP contribution in [0.25, 0.3) is 0 Å². The van der Waals surface area contributed by atoms with E-state index >= 15 is 0 Å². The van der Waals surface area contributed by atoms with Gasteiger partial charge in [-0.05, 0) is 23.8 Å². The molecule has 2 atom stereocenters. The van der Waals surface area contributed by atoms with E-state index in [1.54, 1.807) is 14.2 Å². The minimum atomic E-state index is -0.689. The number of ether oxygens (including phenoxy) is 5. The summed E-state index contributed by atoms with van der Waals surface area (Å²) in [7, 11) is 3.34. The van der Waals surface area contributed by atoms with Crippen molar-refractivity contribution in [1.29, 1.82) is 0 Å². The van der Waals surface area contributed by atoms with Crippen LogP contribution in [0.1, 0.15) is 30.4 Å². The van der Waals surface area contributed by atoms with Crippen molar-refractivity contribution in [2.24, 2.45) is 0 Å². The Hall–Kier alpha value is -2.40. The molecular weight excluding hydrogens is 308 g/mol. The van der Waals surface area contributed by atoms with E-state index in [0.29, 0.717) is 12.2 Å². The number of fused-ring (bicyclic) bond motifs is 2. The van der Waals surface area contributed by atoms with Gasteiger partial charge in [0.25, 0.3) is 0 Å². The summed E-state index contributed by atoms with van der Waals surface area (Å²) in [6, 6.07) is 12.0. The first kappa shape index (κ1) is 15.1. The lowest BCUT2D eigenvalue weighted by molar-refractivity contribution is -0.163. The molecule has 4 rings (SSSR count). The summed E-state index contributed by atoms with van der Waals surface area (Å²) in [6.45, 7) is 2.20. The Morgan fingerprint density at radius 2 is 1.71 bits per heavy atom. The highest BCUT2D eigenvalue weighted by Crippen LogP contribution is 2.49. The summed E-state index contributed by atoms with van der Waals surface area (Å²) < 4.78 is 28.0. The van der Waals surface area contributed by atoms with Crippen LogP contribution in [0.2, 0.25) is 0 Å². The van der Waals surface area contributed by atoms with E-state index in [2.05, 4.69) is 12.1 Å². The largest absolute Gasteiger partial charge is 0.497 e. The lowest BCUT2D eigenvalue weighted by atomic mass is 9.83. The van der Waals surface area contributed by atoms with E-state index in [-0.39, 0.29) is 12.7 Å². The molecule has 5 nitrogen and oxygen atoms in total. The summed E-state index contributed by atoms with van der Waals surface area (Å²) >= 11 is 0. The summed E-state index contributed by atoms with van der Waals surface area (Å²) in [5.74, 6) is 2.53. The van der Waals surface area contributed by atoms with E-state index in [4.69, 9.17) is 23.7 Å². The Morgan fingerprint density at radius 3 is 2.38 bits per heavy atom. The van der Waals surface area contributed by atoms with Crippen molar-refractivity contribution in [3.8, 4) is 23.0 Å². The maximum absolute atomic E-state index is 6.11. The summed E-state index contributed by atoms with van der Waals surface area (Å²) in [6.07, 6.45) is 0.711. The highest BCUT2D eigenvalue weighted by molar-refractivity contribution is 5.56. The first-order valence-corrected chi connectivity index (χ1v) is 7.93. The smallest absolute Gasteiger partial charge is 0.231 e. The van der Waals surface area contributed by atoms with Gasteiger partial charge in [-0.15, -0.1) is 0 Å². The molecule has 126 valence electrons. The van der Waals surface area contributed by atoms with Crippen LogP contribution in [0.5, 0.6) is 23.0 Å². The zero-order chi connectivity index (χ0) is 16.7. The SMILES string of the molecule is COc1ccc([C@@H]2C[C@@](C)(OC)Oc3cc4c(cc32)OCO4)cc1. The standard InChI is InChI=1S/C19H20O5/c1-19(21-3)10-15(12-4-6-13(20-2)7-5-12)14-8-17-18(23-11-22-17)9-16(14)24-19/h4-9,15H,10-11H2,1-3H3/t15-,19-/m0/s1. The molecule has 0 radical (unpaired) electrons. The molecule has 0 aromatic heterocycles. The Morgan fingerprint density at radius 1 is 1.00 bits per heavy atom. The molecular formula is C19H20O5. The molecule has 2 aliphatic heterocycles. The fraction of sp³-hybridized carbons (Fsp3) is 0.368. The van der Waals surface area contributed by atoms with Gasteiger partial charge < -0.3 is 23.7 Å². The number of hydrogen-bond acceptors (Lipinski definition) is 5. The summed E-state index contributed by atoms with van der Waals surface area (Å²) in [5.41, 5.74) is 2.27. The monoisotopic (exact) mass is 328 g/mol. The maximum atomic E-state index is 6.11. The number of methoxy groups -OCH3 is 2. The molecule has 0 amide bonds. The third kappa shape index (κ3) is 2.45. The average molecular weight is 328 g/mol. The van der Waals surface area contributed by atoms with E-state index in [1.807, 2.05) is 31.2 Å². The van der Waals surface area contributed by atoms with Crippen LogP contribution in [-0.4, -0.2) is 26.8 Å². The van der Waals surface area contributed by atoms with Gasteiger partial charge in [0.2, 0.25) is 12.6 Å². The second-order valence-electron chi connectivity index (χ2n) is 6.21. The van der Waals surface area contributed by atoms with E-state index in [1.165, 1.54) is 5.56 Å². The van der Waals surface area contributed by atoms with Gasteiger partial charge in [0.05, 0.1) is 7.11 Å². The van der Waals surface area contributed by atoms with Gasteiger partial charge in [-0.3, -0.25) is 0 Å². The lowest BCUT2D eigenvalue weighted by Gasteiger charge is -2.39. The number of benzene rings is 2. The van der Waals surface area contributed by atoms with E-state index in [9.17, 15) is 0 Å². The van der Waals surface area contributed by atoms with Crippen molar-refractivity contribution in [1.82, 2.24) is 0 Å². The highest BCUT2D eigenvalue weighted by atomic mass is 16.7. The molecule has 0 spiro atoms. The van der Waals surface area contributed by atoms with E-state index in [0.717, 1.165) is 22.8 Å². The molecule has 2 aromatic rings. The van der Waals surface area contributed by atoms with Gasteiger partial charge in [-0.2, -0.15) is 0 Å². The predicted octanol–water partition coefficient (Wildman–Crippen LogP) is 3.70. The normalized spacial score (nSPS) is 24.2. The third-order valence-corrected chi connectivity index (χ3v) is 4.73. The first-order chi connectivity index (χ1) is 11.6. The zero-order valence-corrected chi connectivity index (χ0v) is 14.0. The second-order valence-corrected chi connectivity index (χ2v) is 6.21. The molecule has 0 unspecified atom stereocenters. The van der Waals surface area contributed by atoms with Crippen LogP contribution >= 0.6 is 0 Å². The van der Waals surface area contributed by atoms with Crippen LogP contribution in [0.4, 0.5) is 0 Å². The minimum absolute atomic E-state index is 0.138. The minimum Gasteiger partial charge on any atom is -0.497 e. The van der Waals surface area contributed by atoms with Crippen LogP contribution in [0, 0.1) is 0 Å². The van der Waals surface area contributed by atoms with E-state index < -0.39 is 5.79 Å². The third-order valence-electron chi connectivity index (χ3n) is 4.73. The Bertz CT molecular complexity index is 755. The van der Waals surface area contributed by atoms with Gasteiger partial charge >= 0.3 is 0 Å². The highest BCUT2D eigenvalue weighted by Gasteiger charge is 2.39.